The summed E-state index contributed by atoms with van der Waals surface area (Å²) in [6.45, 7) is 3.84. The van der Waals surface area contributed by atoms with Crippen LogP contribution in [0.5, 0.6) is 0 Å². The van der Waals surface area contributed by atoms with Gasteiger partial charge in [0.25, 0.3) is 10.1 Å². The van der Waals surface area contributed by atoms with Gasteiger partial charge in [-0.2, -0.15) is 8.42 Å². The summed E-state index contributed by atoms with van der Waals surface area (Å²) < 4.78 is 30.8. The number of anilines is 2. The maximum Gasteiger partial charge on any atom is 0.288 e. The third-order valence-corrected chi connectivity index (χ3v) is 6.86. The maximum absolute atomic E-state index is 12.6. The van der Waals surface area contributed by atoms with E-state index in [0.717, 1.165) is 27.5 Å². The number of aromatic nitrogens is 2. The number of benzene rings is 2. The maximum atomic E-state index is 12.6. The number of hydrogen-bond donors (Lipinski definition) is 0. The largest absolute Gasteiger partial charge is 0.288 e. The van der Waals surface area contributed by atoms with Crippen LogP contribution in [0.15, 0.2) is 64.5 Å². The van der Waals surface area contributed by atoms with Crippen molar-refractivity contribution in [3.05, 3.63) is 60.4 Å². The van der Waals surface area contributed by atoms with Crippen molar-refractivity contribution in [2.75, 3.05) is 10.8 Å². The average molecular weight is 428 g/mol. The molecule has 0 radical (unpaired) electrons. The van der Waals surface area contributed by atoms with Crippen LogP contribution in [0.1, 0.15) is 26.0 Å². The number of para-hydroxylation sites is 2. The Bertz CT molecular complexity index is 1150. The van der Waals surface area contributed by atoms with Crippen LogP contribution in [0.2, 0.25) is 0 Å². The number of fused-ring (bicyclic) bond motifs is 2. The summed E-state index contributed by atoms with van der Waals surface area (Å²) in [5.74, 6) is 0.487. The van der Waals surface area contributed by atoms with Crippen molar-refractivity contribution in [2.45, 2.75) is 36.5 Å². The highest BCUT2D eigenvalue weighted by Crippen LogP contribution is 2.51. The molecular formula is C21H21N3O3S2. The predicted molar refractivity (Wildman–Crippen MR) is 115 cm³/mol. The molecule has 8 heteroatoms. The zero-order chi connectivity index (χ0) is 20.4. The standard InChI is InChI=1S/C21H21N3O3S2/c1-3-14-29(25,26)27-24-17-9-5-6-10-18(17)28-19-11-7-8-16(20(19)24)21-22-13-12-15(4-2)23-21/h5-13H,3-4,14H2,1-2H3. The van der Waals surface area contributed by atoms with E-state index in [4.69, 9.17) is 4.28 Å². The molecule has 1 aliphatic rings. The van der Waals surface area contributed by atoms with E-state index >= 15 is 0 Å². The van der Waals surface area contributed by atoms with Crippen molar-refractivity contribution in [1.82, 2.24) is 9.97 Å². The van der Waals surface area contributed by atoms with Gasteiger partial charge in [-0.25, -0.2) is 15.0 Å². The van der Waals surface area contributed by atoms with E-state index in [1.54, 1.807) is 18.0 Å². The van der Waals surface area contributed by atoms with Gasteiger partial charge in [-0.15, -0.1) is 4.28 Å². The van der Waals surface area contributed by atoms with E-state index in [2.05, 4.69) is 9.97 Å². The topological polar surface area (TPSA) is 72.4 Å². The molecule has 2 heterocycles. The van der Waals surface area contributed by atoms with Crippen molar-refractivity contribution in [1.29, 1.82) is 0 Å². The van der Waals surface area contributed by atoms with Crippen molar-refractivity contribution >= 4 is 33.3 Å². The Labute approximate surface area is 175 Å². The van der Waals surface area contributed by atoms with Crippen molar-refractivity contribution in [2.24, 2.45) is 0 Å². The molecule has 0 saturated heterocycles. The highest BCUT2D eigenvalue weighted by Gasteiger charge is 2.31. The van der Waals surface area contributed by atoms with Gasteiger partial charge in [0, 0.05) is 27.2 Å². The van der Waals surface area contributed by atoms with Crippen molar-refractivity contribution in [3.8, 4) is 11.4 Å². The molecule has 0 fully saturated rings. The fourth-order valence-corrected chi connectivity index (χ4v) is 5.18. The van der Waals surface area contributed by atoms with Crippen LogP contribution in [0, 0.1) is 0 Å². The van der Waals surface area contributed by atoms with Gasteiger partial charge in [0.2, 0.25) is 0 Å². The monoisotopic (exact) mass is 427 g/mol. The second-order valence-electron chi connectivity index (χ2n) is 6.58. The SMILES string of the molecule is CCCS(=O)(=O)ON1c2ccccc2Sc2cccc(-c3nccc(CC)n3)c21. The summed E-state index contributed by atoms with van der Waals surface area (Å²) in [5.41, 5.74) is 2.97. The summed E-state index contributed by atoms with van der Waals surface area (Å²) in [7, 11) is -3.75. The number of aryl methyl sites for hydroxylation is 1. The molecule has 1 aliphatic heterocycles. The number of hydrogen-bond acceptors (Lipinski definition) is 7. The lowest BCUT2D eigenvalue weighted by atomic mass is 10.1. The smallest absolute Gasteiger partial charge is 0.236 e. The molecular weight excluding hydrogens is 406 g/mol. The third-order valence-electron chi connectivity index (χ3n) is 4.46. The van der Waals surface area contributed by atoms with E-state index in [9.17, 15) is 8.42 Å². The van der Waals surface area contributed by atoms with Gasteiger partial charge in [0.05, 0.1) is 17.1 Å². The van der Waals surface area contributed by atoms with Gasteiger partial charge >= 0.3 is 0 Å². The van der Waals surface area contributed by atoms with E-state index in [1.807, 2.05) is 62.4 Å². The molecule has 29 heavy (non-hydrogen) atoms. The predicted octanol–water partition coefficient (Wildman–Crippen LogP) is 4.98. The molecule has 4 rings (SSSR count). The van der Waals surface area contributed by atoms with Crippen molar-refractivity contribution < 1.29 is 12.7 Å². The molecule has 0 amide bonds. The van der Waals surface area contributed by atoms with Crippen LogP contribution < -0.4 is 5.06 Å². The summed E-state index contributed by atoms with van der Waals surface area (Å²) in [6, 6.07) is 15.2. The fraction of sp³-hybridized carbons (Fsp3) is 0.238. The molecule has 150 valence electrons. The Morgan fingerprint density at radius 2 is 1.83 bits per heavy atom. The number of nitrogens with zero attached hydrogens (tertiary/aromatic N) is 3. The highest BCUT2D eigenvalue weighted by atomic mass is 32.2. The van der Waals surface area contributed by atoms with Crippen molar-refractivity contribution in [3.63, 3.8) is 0 Å². The summed E-state index contributed by atoms with van der Waals surface area (Å²) in [4.78, 5) is 10.9. The average Bonchev–Trinajstić information content (AvgIpc) is 2.73. The molecule has 0 unspecified atom stereocenters. The first-order valence-corrected chi connectivity index (χ1v) is 11.9. The van der Waals surface area contributed by atoms with Gasteiger partial charge in [-0.3, -0.25) is 0 Å². The zero-order valence-electron chi connectivity index (χ0n) is 16.2. The third kappa shape index (κ3) is 4.01. The van der Waals surface area contributed by atoms with Crippen LogP contribution in [0.25, 0.3) is 11.4 Å². The van der Waals surface area contributed by atoms with Gasteiger partial charge in [-0.05, 0) is 43.2 Å². The summed E-state index contributed by atoms with van der Waals surface area (Å²) >= 11 is 1.57. The summed E-state index contributed by atoms with van der Waals surface area (Å²) in [5, 5.41) is 1.42. The molecule has 0 N–H and O–H groups in total. The zero-order valence-corrected chi connectivity index (χ0v) is 17.8. The van der Waals surface area contributed by atoms with E-state index in [0.29, 0.717) is 23.6 Å². The molecule has 3 aromatic rings. The second-order valence-corrected chi connectivity index (χ2v) is 9.33. The Morgan fingerprint density at radius 1 is 1.03 bits per heavy atom. The van der Waals surface area contributed by atoms with E-state index in [-0.39, 0.29) is 5.75 Å². The first kappa shape index (κ1) is 19.9. The first-order chi connectivity index (χ1) is 14.0. The van der Waals surface area contributed by atoms with E-state index < -0.39 is 10.1 Å². The number of rotatable bonds is 6. The Kier molecular flexibility index (Phi) is 5.58. The van der Waals surface area contributed by atoms with Crippen LogP contribution in [-0.2, 0) is 20.8 Å². The second kappa shape index (κ2) is 8.14. The molecule has 0 saturated carbocycles. The molecule has 1 aromatic heterocycles. The molecule has 2 aromatic carbocycles. The molecule has 0 bridgehead atoms. The van der Waals surface area contributed by atoms with Crippen LogP contribution >= 0.6 is 11.8 Å². The lowest BCUT2D eigenvalue weighted by Gasteiger charge is -2.32. The minimum atomic E-state index is -3.75. The van der Waals surface area contributed by atoms with Gasteiger partial charge in [-0.1, -0.05) is 43.8 Å². The Hall–Kier alpha value is -2.42. The normalized spacial score (nSPS) is 13.1. The van der Waals surface area contributed by atoms with E-state index in [1.165, 1.54) is 5.06 Å². The fourth-order valence-electron chi connectivity index (χ4n) is 3.15. The van der Waals surface area contributed by atoms with Gasteiger partial charge in [0.15, 0.2) is 5.82 Å². The lowest BCUT2D eigenvalue weighted by molar-refractivity contribution is 0.319. The van der Waals surface area contributed by atoms with Gasteiger partial charge in [0.1, 0.15) is 0 Å². The van der Waals surface area contributed by atoms with Crippen LogP contribution in [0.4, 0.5) is 11.4 Å². The molecule has 0 spiro atoms. The lowest BCUT2D eigenvalue weighted by Crippen LogP contribution is -2.27. The molecule has 0 atom stereocenters. The molecule has 0 aliphatic carbocycles. The first-order valence-electron chi connectivity index (χ1n) is 9.47. The van der Waals surface area contributed by atoms with Crippen LogP contribution in [-0.4, -0.2) is 24.1 Å². The minimum absolute atomic E-state index is 0.0574. The van der Waals surface area contributed by atoms with Crippen LogP contribution in [0.3, 0.4) is 0 Å². The van der Waals surface area contributed by atoms with Gasteiger partial charge < -0.3 is 0 Å². The molecule has 6 nitrogen and oxygen atoms in total. The Morgan fingerprint density at radius 3 is 2.62 bits per heavy atom. The highest BCUT2D eigenvalue weighted by molar-refractivity contribution is 7.99. The minimum Gasteiger partial charge on any atom is -0.236 e. The Balaban J connectivity index is 1.90. The quantitative estimate of drug-likeness (QED) is 0.549. The summed E-state index contributed by atoms with van der Waals surface area (Å²) in [6.07, 6.45) is 2.99.